The van der Waals surface area contributed by atoms with Gasteiger partial charge >= 0.3 is 11.6 Å². The molecule has 1 heterocycles. The monoisotopic (exact) mass is 290 g/mol. The van der Waals surface area contributed by atoms with Crippen LogP contribution in [0, 0.1) is 0 Å². The van der Waals surface area contributed by atoms with Gasteiger partial charge in [-0.05, 0) is 38.0 Å². The zero-order chi connectivity index (χ0) is 15.1. The summed E-state index contributed by atoms with van der Waals surface area (Å²) >= 11 is 0. The Labute approximate surface area is 122 Å². The zero-order valence-corrected chi connectivity index (χ0v) is 12.0. The summed E-state index contributed by atoms with van der Waals surface area (Å²) in [6.07, 6.45) is 1.88. The van der Waals surface area contributed by atoms with Crippen molar-refractivity contribution in [1.82, 2.24) is 0 Å². The quantitative estimate of drug-likeness (QED) is 0.445. The molecule has 0 aliphatic heterocycles. The van der Waals surface area contributed by atoms with Crippen LogP contribution in [0.2, 0.25) is 0 Å². The van der Waals surface area contributed by atoms with Crippen LogP contribution in [-0.4, -0.2) is 19.2 Å². The molecule has 0 bridgehead atoms. The van der Waals surface area contributed by atoms with Gasteiger partial charge < -0.3 is 13.9 Å². The van der Waals surface area contributed by atoms with Crippen LogP contribution in [-0.2, 0) is 9.53 Å². The highest BCUT2D eigenvalue weighted by molar-refractivity contribution is 5.83. The van der Waals surface area contributed by atoms with Crippen molar-refractivity contribution in [3.8, 4) is 5.75 Å². The zero-order valence-electron chi connectivity index (χ0n) is 12.0. The number of ether oxygens (including phenoxy) is 2. The van der Waals surface area contributed by atoms with Gasteiger partial charge in [0, 0.05) is 12.5 Å². The standard InChI is InChI=1S/C16H18O5/c1-2-19-15(17)8-3-4-11-20-13-6-5-7-14-12(13)9-10-16(18)21-14/h5-7,9-10H,2-4,8,11H2,1H3. The second kappa shape index (κ2) is 7.47. The van der Waals surface area contributed by atoms with Crippen molar-refractivity contribution >= 4 is 16.9 Å². The number of carbonyl (C=O) groups excluding carboxylic acids is 1. The molecule has 0 aliphatic carbocycles. The Bertz CT molecular complexity index is 659. The third-order valence-corrected chi connectivity index (χ3v) is 2.96. The number of hydrogen-bond donors (Lipinski definition) is 0. The molecule has 0 unspecified atom stereocenters. The first kappa shape index (κ1) is 15.1. The number of esters is 1. The van der Waals surface area contributed by atoms with Gasteiger partial charge in [-0.1, -0.05) is 6.07 Å². The van der Waals surface area contributed by atoms with Gasteiger partial charge in [0.05, 0.1) is 18.6 Å². The second-order valence-electron chi connectivity index (χ2n) is 4.53. The van der Waals surface area contributed by atoms with Crippen molar-refractivity contribution in [3.63, 3.8) is 0 Å². The van der Waals surface area contributed by atoms with Gasteiger partial charge in [0.15, 0.2) is 0 Å². The molecule has 0 aliphatic rings. The summed E-state index contributed by atoms with van der Waals surface area (Å²) in [5.74, 6) is 0.497. The predicted molar refractivity (Wildman–Crippen MR) is 78.5 cm³/mol. The largest absolute Gasteiger partial charge is 0.493 e. The molecule has 0 atom stereocenters. The Hall–Kier alpha value is -2.30. The summed E-state index contributed by atoms with van der Waals surface area (Å²) in [4.78, 5) is 22.3. The van der Waals surface area contributed by atoms with Crippen molar-refractivity contribution in [2.45, 2.75) is 26.2 Å². The molecule has 0 saturated carbocycles. The Morgan fingerprint density at radius 3 is 2.86 bits per heavy atom. The van der Waals surface area contributed by atoms with E-state index in [1.54, 1.807) is 25.1 Å². The van der Waals surface area contributed by atoms with Gasteiger partial charge in [0.1, 0.15) is 11.3 Å². The van der Waals surface area contributed by atoms with Crippen molar-refractivity contribution in [1.29, 1.82) is 0 Å². The van der Waals surface area contributed by atoms with Crippen LogP contribution in [0.3, 0.4) is 0 Å². The Kier molecular flexibility index (Phi) is 5.37. The molecule has 0 radical (unpaired) electrons. The van der Waals surface area contributed by atoms with Gasteiger partial charge in [0.25, 0.3) is 0 Å². The Morgan fingerprint density at radius 1 is 1.19 bits per heavy atom. The number of hydrogen-bond acceptors (Lipinski definition) is 5. The lowest BCUT2D eigenvalue weighted by Gasteiger charge is -2.08. The molecule has 112 valence electrons. The summed E-state index contributed by atoms with van der Waals surface area (Å²) in [7, 11) is 0. The Balaban J connectivity index is 1.86. The first-order valence-corrected chi connectivity index (χ1v) is 7.02. The molecule has 2 aromatic rings. The molecule has 1 aromatic carbocycles. The van der Waals surface area contributed by atoms with Crippen molar-refractivity contribution in [3.05, 3.63) is 40.8 Å². The highest BCUT2D eigenvalue weighted by Crippen LogP contribution is 2.24. The van der Waals surface area contributed by atoms with E-state index in [2.05, 4.69) is 0 Å². The van der Waals surface area contributed by atoms with E-state index in [-0.39, 0.29) is 11.6 Å². The first-order chi connectivity index (χ1) is 10.2. The van der Waals surface area contributed by atoms with E-state index in [9.17, 15) is 9.59 Å². The lowest BCUT2D eigenvalue weighted by molar-refractivity contribution is -0.143. The molecule has 2 rings (SSSR count). The predicted octanol–water partition coefficient (Wildman–Crippen LogP) is 2.91. The minimum Gasteiger partial charge on any atom is -0.493 e. The molecular formula is C16H18O5. The normalized spacial score (nSPS) is 10.5. The smallest absolute Gasteiger partial charge is 0.336 e. The molecular weight excluding hydrogens is 272 g/mol. The number of carbonyl (C=O) groups is 1. The maximum atomic E-state index is 11.2. The topological polar surface area (TPSA) is 65.7 Å². The SMILES string of the molecule is CCOC(=O)CCCCOc1cccc2oc(=O)ccc12. The summed E-state index contributed by atoms with van der Waals surface area (Å²) in [5, 5.41) is 0.766. The fourth-order valence-electron chi connectivity index (χ4n) is 1.98. The molecule has 0 saturated heterocycles. The molecule has 21 heavy (non-hydrogen) atoms. The van der Waals surface area contributed by atoms with Crippen LogP contribution in [0.1, 0.15) is 26.2 Å². The minimum atomic E-state index is -0.380. The maximum Gasteiger partial charge on any atom is 0.336 e. The van der Waals surface area contributed by atoms with E-state index in [0.717, 1.165) is 18.2 Å². The van der Waals surface area contributed by atoms with Crippen LogP contribution in [0.5, 0.6) is 5.75 Å². The molecule has 0 amide bonds. The molecule has 0 fully saturated rings. The summed E-state index contributed by atoms with van der Waals surface area (Å²) in [6, 6.07) is 8.39. The summed E-state index contributed by atoms with van der Waals surface area (Å²) < 4.78 is 15.6. The molecule has 5 nitrogen and oxygen atoms in total. The van der Waals surface area contributed by atoms with Crippen molar-refractivity contribution < 1.29 is 18.7 Å². The van der Waals surface area contributed by atoms with E-state index < -0.39 is 0 Å². The van der Waals surface area contributed by atoms with Crippen molar-refractivity contribution in [2.24, 2.45) is 0 Å². The van der Waals surface area contributed by atoms with E-state index in [4.69, 9.17) is 13.9 Å². The molecule has 0 spiro atoms. The fraction of sp³-hybridized carbons (Fsp3) is 0.375. The van der Waals surface area contributed by atoms with Gasteiger partial charge in [-0.2, -0.15) is 0 Å². The first-order valence-electron chi connectivity index (χ1n) is 7.02. The van der Waals surface area contributed by atoms with Gasteiger partial charge in [-0.3, -0.25) is 4.79 Å². The molecule has 0 N–H and O–H groups in total. The van der Waals surface area contributed by atoms with Crippen molar-refractivity contribution in [2.75, 3.05) is 13.2 Å². The number of unbranched alkanes of at least 4 members (excludes halogenated alkanes) is 1. The highest BCUT2D eigenvalue weighted by Gasteiger charge is 2.05. The fourth-order valence-corrected chi connectivity index (χ4v) is 1.98. The summed E-state index contributed by atoms with van der Waals surface area (Å²) in [5.41, 5.74) is 0.126. The number of fused-ring (bicyclic) bond motifs is 1. The number of benzene rings is 1. The molecule has 5 heteroatoms. The Morgan fingerprint density at radius 2 is 2.05 bits per heavy atom. The van der Waals surface area contributed by atoms with Gasteiger partial charge in [-0.25, -0.2) is 4.79 Å². The van der Waals surface area contributed by atoms with Crippen LogP contribution in [0.25, 0.3) is 11.0 Å². The maximum absolute atomic E-state index is 11.2. The lowest BCUT2D eigenvalue weighted by Crippen LogP contribution is -2.05. The second-order valence-corrected chi connectivity index (χ2v) is 4.53. The van der Waals surface area contributed by atoms with E-state index in [0.29, 0.717) is 31.0 Å². The average Bonchev–Trinajstić information content (AvgIpc) is 2.47. The number of rotatable bonds is 7. The highest BCUT2D eigenvalue weighted by atomic mass is 16.5. The minimum absolute atomic E-state index is 0.176. The summed E-state index contributed by atoms with van der Waals surface area (Å²) in [6.45, 7) is 2.70. The third-order valence-electron chi connectivity index (χ3n) is 2.96. The average molecular weight is 290 g/mol. The van der Waals surface area contributed by atoms with Crippen LogP contribution in [0.4, 0.5) is 0 Å². The van der Waals surface area contributed by atoms with Crippen LogP contribution < -0.4 is 10.4 Å². The lowest BCUT2D eigenvalue weighted by atomic mass is 10.2. The van der Waals surface area contributed by atoms with E-state index in [1.807, 2.05) is 6.07 Å². The van der Waals surface area contributed by atoms with Gasteiger partial charge in [-0.15, -0.1) is 0 Å². The van der Waals surface area contributed by atoms with E-state index >= 15 is 0 Å². The van der Waals surface area contributed by atoms with Crippen LogP contribution in [0.15, 0.2) is 39.5 Å². The van der Waals surface area contributed by atoms with Crippen LogP contribution >= 0.6 is 0 Å². The molecule has 1 aromatic heterocycles. The van der Waals surface area contributed by atoms with Gasteiger partial charge in [0.2, 0.25) is 0 Å². The van der Waals surface area contributed by atoms with E-state index in [1.165, 1.54) is 6.07 Å². The third kappa shape index (κ3) is 4.34.